The van der Waals surface area contributed by atoms with Gasteiger partial charge >= 0.3 is 0 Å². The minimum atomic E-state index is -0.0164. The summed E-state index contributed by atoms with van der Waals surface area (Å²) in [6, 6.07) is 8.34. The second-order valence-corrected chi connectivity index (χ2v) is 5.84. The molecule has 0 aliphatic heterocycles. The fourth-order valence-electron chi connectivity index (χ4n) is 1.84. The van der Waals surface area contributed by atoms with Crippen molar-refractivity contribution in [3.8, 4) is 0 Å². The number of carbonyl (C=O) groups excluding carboxylic acids is 1. The van der Waals surface area contributed by atoms with Gasteiger partial charge < -0.3 is 5.32 Å². The summed E-state index contributed by atoms with van der Waals surface area (Å²) in [4.78, 5) is 11.8. The Morgan fingerprint density at radius 2 is 2.15 bits per heavy atom. The van der Waals surface area contributed by atoms with E-state index in [1.165, 1.54) is 11.1 Å². The van der Waals surface area contributed by atoms with Crippen LogP contribution in [0.15, 0.2) is 24.3 Å². The Bertz CT molecular complexity index is 607. The molecule has 0 fully saturated rings. The fraction of sp³-hybridized carbons (Fsp3) is 0.333. The van der Waals surface area contributed by atoms with Crippen molar-refractivity contribution in [3.63, 3.8) is 0 Å². The smallest absolute Gasteiger partial charge is 0.235 e. The van der Waals surface area contributed by atoms with Gasteiger partial charge in [-0.1, -0.05) is 29.8 Å². The maximum Gasteiger partial charge on any atom is 0.235 e. The zero-order valence-electron chi connectivity index (χ0n) is 12.0. The molecule has 0 aliphatic rings. The van der Waals surface area contributed by atoms with Gasteiger partial charge in [0.05, 0.1) is 5.75 Å². The van der Waals surface area contributed by atoms with Crippen molar-refractivity contribution in [2.24, 2.45) is 0 Å². The fourth-order valence-corrected chi connectivity index (χ4v) is 2.61. The van der Waals surface area contributed by atoms with Crippen molar-refractivity contribution in [1.29, 1.82) is 0 Å². The van der Waals surface area contributed by atoms with Crippen LogP contribution in [0.3, 0.4) is 0 Å². The van der Waals surface area contributed by atoms with E-state index in [4.69, 9.17) is 0 Å². The summed E-state index contributed by atoms with van der Waals surface area (Å²) in [5.41, 5.74) is 4.46. The summed E-state index contributed by atoms with van der Waals surface area (Å²) < 4.78 is 0. The van der Waals surface area contributed by atoms with Gasteiger partial charge in [-0.05, 0) is 26.3 Å². The molecule has 5 heteroatoms. The molecule has 0 radical (unpaired) electrons. The Morgan fingerprint density at radius 3 is 2.80 bits per heavy atom. The molecule has 1 aromatic heterocycles. The molecule has 0 spiro atoms. The molecule has 4 nitrogen and oxygen atoms in total. The maximum atomic E-state index is 11.8. The molecule has 1 amide bonds. The first kappa shape index (κ1) is 14.7. The van der Waals surface area contributed by atoms with Gasteiger partial charge in [0.15, 0.2) is 5.82 Å². The van der Waals surface area contributed by atoms with Gasteiger partial charge in [-0.25, -0.2) is 0 Å². The van der Waals surface area contributed by atoms with Crippen LogP contribution < -0.4 is 5.32 Å². The molecule has 0 saturated heterocycles. The number of aromatic nitrogens is 2. The number of anilines is 1. The van der Waals surface area contributed by atoms with E-state index in [2.05, 4.69) is 40.6 Å². The summed E-state index contributed by atoms with van der Waals surface area (Å²) in [5, 5.41) is 9.75. The summed E-state index contributed by atoms with van der Waals surface area (Å²) in [7, 11) is 0. The molecular formula is C15H19N3OS. The Balaban J connectivity index is 1.80. The van der Waals surface area contributed by atoms with Crippen LogP contribution in [0.2, 0.25) is 0 Å². The number of amides is 1. The van der Waals surface area contributed by atoms with E-state index < -0.39 is 0 Å². The molecular weight excluding hydrogens is 270 g/mol. The Kier molecular flexibility index (Phi) is 4.84. The second-order valence-electron chi connectivity index (χ2n) is 4.85. The largest absolute Gasteiger partial charge is 0.308 e. The maximum absolute atomic E-state index is 11.8. The normalized spacial score (nSPS) is 10.6. The monoisotopic (exact) mass is 289 g/mol. The second kappa shape index (κ2) is 6.61. The lowest BCUT2D eigenvalue weighted by Crippen LogP contribution is -2.15. The number of hydrogen-bond donors (Lipinski definition) is 2. The van der Waals surface area contributed by atoms with Crippen molar-refractivity contribution in [3.05, 3.63) is 46.6 Å². The van der Waals surface area contributed by atoms with Gasteiger partial charge in [-0.15, -0.1) is 11.8 Å². The molecule has 1 heterocycles. The third-order valence-corrected chi connectivity index (χ3v) is 4.10. The quantitative estimate of drug-likeness (QED) is 0.888. The topological polar surface area (TPSA) is 57.8 Å². The Labute approximate surface area is 123 Å². The number of benzene rings is 1. The van der Waals surface area contributed by atoms with Crippen LogP contribution >= 0.6 is 11.8 Å². The first-order valence-electron chi connectivity index (χ1n) is 6.51. The van der Waals surface area contributed by atoms with Crippen molar-refractivity contribution < 1.29 is 4.79 Å². The van der Waals surface area contributed by atoms with Crippen molar-refractivity contribution in [2.75, 3.05) is 11.1 Å². The minimum absolute atomic E-state index is 0.0164. The molecule has 0 unspecified atom stereocenters. The van der Waals surface area contributed by atoms with Crippen LogP contribution in [-0.2, 0) is 10.5 Å². The standard InChI is InChI=1S/C15H19N3OS/c1-10-5-4-6-13(7-10)8-20-9-14(19)16-15-11(2)12(3)17-18-15/h4-7H,8-9H2,1-3H3,(H2,16,17,18,19). The highest BCUT2D eigenvalue weighted by Crippen LogP contribution is 2.16. The van der Waals surface area contributed by atoms with E-state index in [1.54, 1.807) is 11.8 Å². The molecule has 0 bridgehead atoms. The Hall–Kier alpha value is -1.75. The van der Waals surface area contributed by atoms with E-state index in [9.17, 15) is 4.79 Å². The Morgan fingerprint density at radius 1 is 1.35 bits per heavy atom. The number of H-pyrrole nitrogens is 1. The molecule has 0 atom stereocenters. The first-order chi connectivity index (χ1) is 9.56. The van der Waals surface area contributed by atoms with Gasteiger partial charge in [0.25, 0.3) is 0 Å². The van der Waals surface area contributed by atoms with Crippen molar-refractivity contribution in [2.45, 2.75) is 26.5 Å². The summed E-state index contributed by atoms with van der Waals surface area (Å²) in [6.07, 6.45) is 0. The lowest BCUT2D eigenvalue weighted by molar-refractivity contribution is -0.113. The van der Waals surface area contributed by atoms with E-state index in [0.717, 1.165) is 17.0 Å². The van der Waals surface area contributed by atoms with E-state index in [1.807, 2.05) is 19.9 Å². The molecule has 20 heavy (non-hydrogen) atoms. The highest BCUT2D eigenvalue weighted by Gasteiger charge is 2.09. The van der Waals surface area contributed by atoms with Crippen molar-refractivity contribution in [1.82, 2.24) is 10.2 Å². The van der Waals surface area contributed by atoms with Crippen LogP contribution in [0.4, 0.5) is 5.82 Å². The van der Waals surface area contributed by atoms with Crippen LogP contribution in [0.25, 0.3) is 0 Å². The number of thioether (sulfide) groups is 1. The SMILES string of the molecule is Cc1cccc(CSCC(=O)Nc2n[nH]c(C)c2C)c1. The average molecular weight is 289 g/mol. The molecule has 0 saturated carbocycles. The number of aryl methyl sites for hydroxylation is 2. The van der Waals surface area contributed by atoms with E-state index in [0.29, 0.717) is 11.6 Å². The lowest BCUT2D eigenvalue weighted by atomic mass is 10.2. The average Bonchev–Trinajstić information content (AvgIpc) is 2.71. The number of nitrogens with one attached hydrogen (secondary N) is 2. The lowest BCUT2D eigenvalue weighted by Gasteiger charge is -2.04. The third kappa shape index (κ3) is 3.87. The van der Waals surface area contributed by atoms with Gasteiger partial charge in [-0.3, -0.25) is 9.89 Å². The number of rotatable bonds is 5. The highest BCUT2D eigenvalue weighted by atomic mass is 32.2. The summed E-state index contributed by atoms with van der Waals surface area (Å²) >= 11 is 1.61. The number of carbonyl (C=O) groups is 1. The molecule has 1 aromatic carbocycles. The summed E-state index contributed by atoms with van der Waals surface area (Å²) in [6.45, 7) is 5.95. The minimum Gasteiger partial charge on any atom is -0.308 e. The van der Waals surface area contributed by atoms with E-state index in [-0.39, 0.29) is 5.91 Å². The number of hydrogen-bond acceptors (Lipinski definition) is 3. The summed E-state index contributed by atoms with van der Waals surface area (Å²) in [5.74, 6) is 1.88. The van der Waals surface area contributed by atoms with E-state index >= 15 is 0 Å². The van der Waals surface area contributed by atoms with Crippen LogP contribution in [-0.4, -0.2) is 21.9 Å². The number of aromatic amines is 1. The van der Waals surface area contributed by atoms with Gasteiger partial charge in [0, 0.05) is 17.0 Å². The van der Waals surface area contributed by atoms with Gasteiger partial charge in [0.2, 0.25) is 5.91 Å². The third-order valence-electron chi connectivity index (χ3n) is 3.10. The zero-order valence-corrected chi connectivity index (χ0v) is 12.8. The molecule has 0 aliphatic carbocycles. The van der Waals surface area contributed by atoms with Gasteiger partial charge in [0.1, 0.15) is 0 Å². The highest BCUT2D eigenvalue weighted by molar-refractivity contribution is 7.99. The van der Waals surface area contributed by atoms with Crippen LogP contribution in [0.5, 0.6) is 0 Å². The van der Waals surface area contributed by atoms with Crippen molar-refractivity contribution >= 4 is 23.5 Å². The molecule has 106 valence electrons. The molecule has 2 rings (SSSR count). The predicted molar refractivity (Wildman–Crippen MR) is 84.0 cm³/mol. The van der Waals surface area contributed by atoms with Crippen LogP contribution in [0, 0.1) is 20.8 Å². The predicted octanol–water partition coefficient (Wildman–Crippen LogP) is 3.21. The molecule has 2 aromatic rings. The first-order valence-corrected chi connectivity index (χ1v) is 7.66. The zero-order chi connectivity index (χ0) is 14.5. The number of nitrogens with zero attached hydrogens (tertiary/aromatic N) is 1. The van der Waals surface area contributed by atoms with Crippen LogP contribution in [0.1, 0.15) is 22.4 Å². The molecule has 2 N–H and O–H groups in total. The van der Waals surface area contributed by atoms with Gasteiger partial charge in [-0.2, -0.15) is 5.10 Å².